The van der Waals surface area contributed by atoms with Gasteiger partial charge in [0.05, 0.1) is 11.9 Å². The van der Waals surface area contributed by atoms with Crippen molar-refractivity contribution in [2.45, 2.75) is 19.9 Å². The first-order valence-corrected chi connectivity index (χ1v) is 8.18. The van der Waals surface area contributed by atoms with Crippen molar-refractivity contribution in [3.05, 3.63) is 48.3 Å². The zero-order valence-corrected chi connectivity index (χ0v) is 14.6. The van der Waals surface area contributed by atoms with Crippen LogP contribution in [0.5, 0.6) is 0 Å². The molecule has 0 radical (unpaired) electrons. The number of aryl methyl sites for hydroxylation is 1. The van der Waals surface area contributed by atoms with Crippen molar-refractivity contribution in [1.82, 2.24) is 20.5 Å². The lowest BCUT2D eigenvalue weighted by Crippen LogP contribution is -2.41. The molecular weight excluding hydrogens is 316 g/mol. The summed E-state index contributed by atoms with van der Waals surface area (Å²) in [7, 11) is 2.01. The number of hydrogen-bond acceptors (Lipinski definition) is 4. The molecule has 130 valence electrons. The number of nitrogens with zero attached hydrogens (tertiary/aromatic N) is 3. The molecule has 0 bridgehead atoms. The Bertz CT molecular complexity index is 860. The van der Waals surface area contributed by atoms with Gasteiger partial charge < -0.3 is 15.5 Å². The number of aromatic amines is 1. The Morgan fingerprint density at radius 2 is 2.08 bits per heavy atom. The van der Waals surface area contributed by atoms with Crippen molar-refractivity contribution in [2.24, 2.45) is 0 Å². The summed E-state index contributed by atoms with van der Waals surface area (Å²) in [5.41, 5.74) is 3.31. The van der Waals surface area contributed by atoms with Gasteiger partial charge in [-0.2, -0.15) is 5.10 Å². The van der Waals surface area contributed by atoms with E-state index in [0.29, 0.717) is 17.9 Å². The van der Waals surface area contributed by atoms with E-state index in [4.69, 9.17) is 0 Å². The number of urea groups is 1. The van der Waals surface area contributed by atoms with Crippen LogP contribution in [0, 0.1) is 6.92 Å². The van der Waals surface area contributed by atoms with Gasteiger partial charge in [-0.15, -0.1) is 0 Å². The zero-order valence-electron chi connectivity index (χ0n) is 14.6. The Labute approximate surface area is 146 Å². The number of H-pyrrole nitrogens is 1. The second-order valence-electron chi connectivity index (χ2n) is 6.07. The van der Waals surface area contributed by atoms with Gasteiger partial charge in [-0.3, -0.25) is 5.10 Å². The number of fused-ring (bicyclic) bond motifs is 1. The molecular formula is C18H22N6O. The molecule has 2 heterocycles. The summed E-state index contributed by atoms with van der Waals surface area (Å²) >= 11 is 0. The molecule has 2 amide bonds. The van der Waals surface area contributed by atoms with Gasteiger partial charge in [0.2, 0.25) is 0 Å². The van der Waals surface area contributed by atoms with Crippen LogP contribution in [-0.2, 0) is 0 Å². The van der Waals surface area contributed by atoms with Crippen molar-refractivity contribution < 1.29 is 4.79 Å². The Morgan fingerprint density at radius 1 is 1.32 bits per heavy atom. The SMILES string of the molecule is Cc1[nH]nc2ncc(NC(=O)NC[C@@H](C)N(C)c3ccccc3)cc12. The Balaban J connectivity index is 1.55. The van der Waals surface area contributed by atoms with E-state index in [0.717, 1.165) is 16.8 Å². The number of carbonyl (C=O) groups excluding carboxylic acids is 1. The van der Waals surface area contributed by atoms with Crippen LogP contribution in [0.4, 0.5) is 16.2 Å². The normalized spacial score (nSPS) is 12.0. The van der Waals surface area contributed by atoms with E-state index in [-0.39, 0.29) is 12.1 Å². The summed E-state index contributed by atoms with van der Waals surface area (Å²) in [6, 6.07) is 11.8. The minimum absolute atomic E-state index is 0.157. The highest BCUT2D eigenvalue weighted by Crippen LogP contribution is 2.17. The predicted octanol–water partition coefficient (Wildman–Crippen LogP) is 2.91. The summed E-state index contributed by atoms with van der Waals surface area (Å²) in [4.78, 5) is 18.5. The van der Waals surface area contributed by atoms with E-state index in [1.165, 1.54) is 0 Å². The average molecular weight is 338 g/mol. The van der Waals surface area contributed by atoms with E-state index in [1.54, 1.807) is 6.20 Å². The number of rotatable bonds is 5. The van der Waals surface area contributed by atoms with Gasteiger partial charge in [0, 0.05) is 36.4 Å². The second kappa shape index (κ2) is 7.21. The number of nitrogens with one attached hydrogen (secondary N) is 3. The Morgan fingerprint density at radius 3 is 2.84 bits per heavy atom. The van der Waals surface area contributed by atoms with E-state index in [9.17, 15) is 4.79 Å². The van der Waals surface area contributed by atoms with Gasteiger partial charge in [-0.05, 0) is 32.0 Å². The quantitative estimate of drug-likeness (QED) is 0.668. The first kappa shape index (κ1) is 16.8. The number of para-hydroxylation sites is 1. The third-order valence-corrected chi connectivity index (χ3v) is 4.24. The number of amides is 2. The standard InChI is InChI=1S/C18H22N6O/c1-12(24(3)15-7-5-4-6-8-15)10-20-18(25)21-14-9-16-13(2)22-23-17(16)19-11-14/h4-9,11-12H,10H2,1-3H3,(H,19,22,23)(H2,20,21,25)/t12-/m1/s1. The first-order chi connectivity index (χ1) is 12.0. The zero-order chi connectivity index (χ0) is 17.8. The van der Waals surface area contributed by atoms with Crippen molar-refractivity contribution in [3.8, 4) is 0 Å². The molecule has 2 aromatic heterocycles. The topological polar surface area (TPSA) is 85.9 Å². The smallest absolute Gasteiger partial charge is 0.319 e. The monoisotopic (exact) mass is 338 g/mol. The molecule has 25 heavy (non-hydrogen) atoms. The number of pyridine rings is 1. The van der Waals surface area contributed by atoms with Crippen molar-refractivity contribution in [1.29, 1.82) is 0 Å². The molecule has 0 saturated carbocycles. The minimum Gasteiger partial charge on any atom is -0.370 e. The number of anilines is 2. The van der Waals surface area contributed by atoms with Crippen molar-refractivity contribution in [3.63, 3.8) is 0 Å². The molecule has 0 aliphatic carbocycles. The highest BCUT2D eigenvalue weighted by Gasteiger charge is 2.12. The third-order valence-electron chi connectivity index (χ3n) is 4.24. The number of aromatic nitrogens is 3. The lowest BCUT2D eigenvalue weighted by atomic mass is 10.2. The van der Waals surface area contributed by atoms with Crippen molar-refractivity contribution >= 4 is 28.4 Å². The molecule has 0 unspecified atom stereocenters. The highest BCUT2D eigenvalue weighted by atomic mass is 16.2. The number of carbonyl (C=O) groups is 1. The molecule has 7 heteroatoms. The predicted molar refractivity (Wildman–Crippen MR) is 100.0 cm³/mol. The molecule has 0 spiro atoms. The molecule has 3 rings (SSSR count). The van der Waals surface area contributed by atoms with Crippen LogP contribution in [0.1, 0.15) is 12.6 Å². The fourth-order valence-corrected chi connectivity index (χ4v) is 2.56. The van der Waals surface area contributed by atoms with Gasteiger partial charge in [-0.1, -0.05) is 18.2 Å². The van der Waals surface area contributed by atoms with Crippen LogP contribution < -0.4 is 15.5 Å². The highest BCUT2D eigenvalue weighted by molar-refractivity contribution is 5.91. The van der Waals surface area contributed by atoms with Crippen molar-refractivity contribution in [2.75, 3.05) is 23.8 Å². The number of likely N-dealkylation sites (N-methyl/N-ethyl adjacent to an activating group) is 1. The molecule has 3 aromatic rings. The van der Waals surface area contributed by atoms with Crippen LogP contribution in [-0.4, -0.2) is 40.8 Å². The summed E-state index contributed by atoms with van der Waals surface area (Å²) in [5, 5.41) is 13.6. The van der Waals surface area contributed by atoms with Gasteiger partial charge in [0.1, 0.15) is 0 Å². The van der Waals surface area contributed by atoms with Gasteiger partial charge in [0.25, 0.3) is 0 Å². The maximum absolute atomic E-state index is 12.1. The average Bonchev–Trinajstić information content (AvgIpc) is 3.00. The van der Waals surface area contributed by atoms with Crippen LogP contribution >= 0.6 is 0 Å². The molecule has 0 aliphatic rings. The number of benzene rings is 1. The van der Waals surface area contributed by atoms with Gasteiger partial charge in [-0.25, -0.2) is 9.78 Å². The van der Waals surface area contributed by atoms with E-state index in [2.05, 4.69) is 37.6 Å². The molecule has 3 N–H and O–H groups in total. The second-order valence-corrected chi connectivity index (χ2v) is 6.07. The molecule has 0 fully saturated rings. The maximum atomic E-state index is 12.1. The fourth-order valence-electron chi connectivity index (χ4n) is 2.56. The molecule has 0 saturated heterocycles. The van der Waals surface area contributed by atoms with Crippen LogP contribution in [0.3, 0.4) is 0 Å². The Kier molecular flexibility index (Phi) is 4.83. The van der Waals surface area contributed by atoms with Crippen LogP contribution in [0.25, 0.3) is 11.0 Å². The van der Waals surface area contributed by atoms with Crippen LogP contribution in [0.2, 0.25) is 0 Å². The maximum Gasteiger partial charge on any atom is 0.319 e. The first-order valence-electron chi connectivity index (χ1n) is 8.18. The molecule has 1 aromatic carbocycles. The molecule has 1 atom stereocenters. The van der Waals surface area contributed by atoms with E-state index >= 15 is 0 Å². The largest absolute Gasteiger partial charge is 0.370 e. The summed E-state index contributed by atoms with van der Waals surface area (Å²) in [5.74, 6) is 0. The van der Waals surface area contributed by atoms with Gasteiger partial charge >= 0.3 is 6.03 Å². The summed E-state index contributed by atoms with van der Waals surface area (Å²) in [6.07, 6.45) is 1.60. The number of hydrogen-bond donors (Lipinski definition) is 3. The minimum atomic E-state index is -0.254. The fraction of sp³-hybridized carbons (Fsp3) is 0.278. The lowest BCUT2D eigenvalue weighted by molar-refractivity contribution is 0.251. The molecule has 7 nitrogen and oxygen atoms in total. The summed E-state index contributed by atoms with van der Waals surface area (Å²) < 4.78 is 0. The van der Waals surface area contributed by atoms with E-state index in [1.807, 2.05) is 50.4 Å². The third kappa shape index (κ3) is 3.88. The lowest BCUT2D eigenvalue weighted by Gasteiger charge is -2.27. The summed E-state index contributed by atoms with van der Waals surface area (Å²) in [6.45, 7) is 4.51. The van der Waals surface area contributed by atoms with Gasteiger partial charge in [0.15, 0.2) is 5.65 Å². The van der Waals surface area contributed by atoms with E-state index < -0.39 is 0 Å². The van der Waals surface area contributed by atoms with Crippen LogP contribution in [0.15, 0.2) is 42.6 Å². The Hall–Kier alpha value is -3.09. The molecule has 0 aliphatic heterocycles.